The zero-order valence-corrected chi connectivity index (χ0v) is 14.7. The molecule has 0 fully saturated rings. The van der Waals surface area contributed by atoms with E-state index in [0.717, 1.165) is 17.6 Å². The molecule has 0 aliphatic heterocycles. The van der Waals surface area contributed by atoms with Crippen molar-refractivity contribution < 1.29 is 4.79 Å². The number of hydrogen-bond acceptors (Lipinski definition) is 2. The van der Waals surface area contributed by atoms with Crippen LogP contribution in [-0.2, 0) is 6.54 Å². The van der Waals surface area contributed by atoms with E-state index in [9.17, 15) is 4.79 Å². The molecule has 1 rings (SSSR count). The van der Waals surface area contributed by atoms with Gasteiger partial charge in [-0.25, -0.2) is 0 Å². The van der Waals surface area contributed by atoms with Gasteiger partial charge >= 0.3 is 0 Å². The Morgan fingerprint density at radius 3 is 2.45 bits per heavy atom. The van der Waals surface area contributed by atoms with Crippen LogP contribution in [0.1, 0.15) is 45.1 Å². The Morgan fingerprint density at radius 1 is 1.35 bits per heavy atom. The highest BCUT2D eigenvalue weighted by atomic mass is 79.9. The van der Waals surface area contributed by atoms with Gasteiger partial charge in [0.1, 0.15) is 5.69 Å². The van der Waals surface area contributed by atoms with Crippen LogP contribution in [-0.4, -0.2) is 40.5 Å². The van der Waals surface area contributed by atoms with E-state index < -0.39 is 0 Å². The second-order valence-corrected chi connectivity index (χ2v) is 6.43. The van der Waals surface area contributed by atoms with E-state index in [4.69, 9.17) is 0 Å². The summed E-state index contributed by atoms with van der Waals surface area (Å²) in [5, 5.41) is 3.00. The zero-order chi connectivity index (χ0) is 15.3. The summed E-state index contributed by atoms with van der Waals surface area (Å²) in [6, 6.07) is 2.84. The van der Waals surface area contributed by atoms with Crippen LogP contribution in [0.3, 0.4) is 0 Å². The largest absolute Gasteiger partial charge is 0.349 e. The summed E-state index contributed by atoms with van der Waals surface area (Å²) in [7, 11) is 0. The molecule has 1 aromatic rings. The van der Waals surface area contributed by atoms with E-state index in [0.29, 0.717) is 24.3 Å². The van der Waals surface area contributed by atoms with Crippen molar-refractivity contribution in [2.24, 2.45) is 0 Å². The van der Waals surface area contributed by atoms with E-state index in [1.54, 1.807) is 0 Å². The Kier molecular flexibility index (Phi) is 6.76. The molecule has 4 nitrogen and oxygen atoms in total. The molecule has 1 amide bonds. The van der Waals surface area contributed by atoms with Gasteiger partial charge in [-0.3, -0.25) is 9.69 Å². The molecule has 0 spiro atoms. The van der Waals surface area contributed by atoms with E-state index >= 15 is 0 Å². The quantitative estimate of drug-likeness (QED) is 0.825. The molecule has 0 aromatic carbocycles. The van der Waals surface area contributed by atoms with Gasteiger partial charge in [0.15, 0.2) is 0 Å². The van der Waals surface area contributed by atoms with E-state index in [2.05, 4.69) is 53.8 Å². The minimum absolute atomic E-state index is 0.00925. The molecule has 1 N–H and O–H groups in total. The lowest BCUT2D eigenvalue weighted by molar-refractivity contribution is 0.0930. The number of nitrogens with zero attached hydrogens (tertiary/aromatic N) is 2. The number of aromatic nitrogens is 1. The van der Waals surface area contributed by atoms with Gasteiger partial charge in [0.25, 0.3) is 5.91 Å². The third kappa shape index (κ3) is 4.63. The predicted molar refractivity (Wildman–Crippen MR) is 87.1 cm³/mol. The third-order valence-electron chi connectivity index (χ3n) is 3.42. The molecule has 20 heavy (non-hydrogen) atoms. The first-order valence-electron chi connectivity index (χ1n) is 7.26. The number of amides is 1. The maximum Gasteiger partial charge on any atom is 0.267 e. The molecule has 0 aliphatic rings. The third-order valence-corrected chi connectivity index (χ3v) is 3.85. The summed E-state index contributed by atoms with van der Waals surface area (Å²) in [6.07, 6.45) is 1.93. The van der Waals surface area contributed by atoms with E-state index in [1.807, 2.05) is 23.8 Å². The summed E-state index contributed by atoms with van der Waals surface area (Å²) < 4.78 is 2.89. The van der Waals surface area contributed by atoms with Gasteiger partial charge in [0.05, 0.1) is 0 Å². The molecule has 114 valence electrons. The molecule has 0 aliphatic carbocycles. The lowest BCUT2D eigenvalue weighted by atomic mass is 10.2. The summed E-state index contributed by atoms with van der Waals surface area (Å²) in [5.41, 5.74) is 0.708. The van der Waals surface area contributed by atoms with Crippen molar-refractivity contribution in [3.05, 3.63) is 22.4 Å². The summed E-state index contributed by atoms with van der Waals surface area (Å²) in [4.78, 5) is 14.6. The summed E-state index contributed by atoms with van der Waals surface area (Å²) >= 11 is 3.41. The number of carbonyl (C=O) groups excluding carboxylic acids is 1. The smallest absolute Gasteiger partial charge is 0.267 e. The first-order chi connectivity index (χ1) is 9.36. The summed E-state index contributed by atoms with van der Waals surface area (Å²) in [5.74, 6) is -0.00925. The van der Waals surface area contributed by atoms with E-state index in [-0.39, 0.29) is 5.91 Å². The molecule has 1 aromatic heterocycles. The Labute approximate surface area is 130 Å². The SMILES string of the molecule is CCn1cc(Br)cc1C(=O)NCCN(C(C)C)C(C)C. The fourth-order valence-corrected chi connectivity index (χ4v) is 2.89. The van der Waals surface area contributed by atoms with Crippen LogP contribution in [0.4, 0.5) is 0 Å². The maximum atomic E-state index is 12.2. The Hall–Kier alpha value is -0.810. The molecule has 0 bridgehead atoms. The second-order valence-electron chi connectivity index (χ2n) is 5.51. The molecular weight excluding hydrogens is 318 g/mol. The van der Waals surface area contributed by atoms with Crippen molar-refractivity contribution in [2.45, 2.75) is 53.2 Å². The highest BCUT2D eigenvalue weighted by Crippen LogP contribution is 2.14. The molecule has 0 saturated carbocycles. The zero-order valence-electron chi connectivity index (χ0n) is 13.1. The van der Waals surface area contributed by atoms with Crippen molar-refractivity contribution in [3.8, 4) is 0 Å². The predicted octanol–water partition coefficient (Wildman–Crippen LogP) is 3.12. The van der Waals surface area contributed by atoms with Gasteiger partial charge in [0.2, 0.25) is 0 Å². The number of halogens is 1. The first-order valence-corrected chi connectivity index (χ1v) is 8.05. The van der Waals surface area contributed by atoms with Gasteiger partial charge in [-0.05, 0) is 56.6 Å². The van der Waals surface area contributed by atoms with Crippen LogP contribution >= 0.6 is 15.9 Å². The van der Waals surface area contributed by atoms with Gasteiger partial charge in [0, 0.05) is 42.4 Å². The minimum Gasteiger partial charge on any atom is -0.349 e. The molecule has 5 heteroatoms. The van der Waals surface area contributed by atoms with E-state index in [1.165, 1.54) is 0 Å². The highest BCUT2D eigenvalue weighted by molar-refractivity contribution is 9.10. The first kappa shape index (κ1) is 17.2. The van der Waals surface area contributed by atoms with Crippen molar-refractivity contribution in [3.63, 3.8) is 0 Å². The van der Waals surface area contributed by atoms with Gasteiger partial charge in [-0.1, -0.05) is 0 Å². The van der Waals surface area contributed by atoms with Crippen molar-refractivity contribution in [1.29, 1.82) is 0 Å². The number of carbonyl (C=O) groups is 1. The standard InChI is InChI=1S/C15H26BrN3O/c1-6-18-10-13(16)9-14(18)15(20)17-7-8-19(11(2)3)12(4)5/h9-12H,6-8H2,1-5H3,(H,17,20). The molecule has 0 unspecified atom stereocenters. The van der Waals surface area contributed by atoms with Crippen LogP contribution in [0.2, 0.25) is 0 Å². The summed E-state index contributed by atoms with van der Waals surface area (Å²) in [6.45, 7) is 13.1. The maximum absolute atomic E-state index is 12.2. The van der Waals surface area contributed by atoms with Crippen LogP contribution in [0.25, 0.3) is 0 Å². The number of nitrogens with one attached hydrogen (secondary N) is 1. The molecule has 0 radical (unpaired) electrons. The number of hydrogen-bond donors (Lipinski definition) is 1. The van der Waals surface area contributed by atoms with Gasteiger partial charge in [-0.2, -0.15) is 0 Å². The Morgan fingerprint density at radius 2 is 1.95 bits per heavy atom. The fraction of sp³-hybridized carbons (Fsp3) is 0.667. The number of rotatable bonds is 7. The topological polar surface area (TPSA) is 37.3 Å². The van der Waals surface area contributed by atoms with Crippen molar-refractivity contribution in [2.75, 3.05) is 13.1 Å². The van der Waals surface area contributed by atoms with Crippen LogP contribution in [0.5, 0.6) is 0 Å². The minimum atomic E-state index is -0.00925. The lowest BCUT2D eigenvalue weighted by Crippen LogP contribution is -2.42. The van der Waals surface area contributed by atoms with Crippen LogP contribution < -0.4 is 5.32 Å². The Balaban J connectivity index is 2.55. The lowest BCUT2D eigenvalue weighted by Gasteiger charge is -2.30. The molecular formula is C15H26BrN3O. The second kappa shape index (κ2) is 7.84. The molecule has 0 saturated heterocycles. The van der Waals surface area contributed by atoms with Crippen LogP contribution in [0, 0.1) is 0 Å². The fourth-order valence-electron chi connectivity index (χ4n) is 2.43. The monoisotopic (exact) mass is 343 g/mol. The Bertz CT molecular complexity index is 432. The highest BCUT2D eigenvalue weighted by Gasteiger charge is 2.15. The van der Waals surface area contributed by atoms with Crippen LogP contribution in [0.15, 0.2) is 16.7 Å². The average Bonchev–Trinajstić information content (AvgIpc) is 2.74. The van der Waals surface area contributed by atoms with Crippen molar-refractivity contribution >= 4 is 21.8 Å². The normalized spacial score (nSPS) is 11.7. The average molecular weight is 344 g/mol. The molecule has 0 atom stereocenters. The number of aryl methyl sites for hydroxylation is 1. The van der Waals surface area contributed by atoms with Gasteiger partial charge in [-0.15, -0.1) is 0 Å². The van der Waals surface area contributed by atoms with Gasteiger partial charge < -0.3 is 9.88 Å². The van der Waals surface area contributed by atoms with Crippen molar-refractivity contribution in [1.82, 2.24) is 14.8 Å². The molecule has 1 heterocycles.